The number of carbonyl (C=O) groups is 3. The lowest BCUT2D eigenvalue weighted by molar-refractivity contribution is -0.137. The Balaban J connectivity index is 1.55. The topological polar surface area (TPSA) is 118 Å². The second-order valence-electron chi connectivity index (χ2n) is 7.54. The third-order valence-electron chi connectivity index (χ3n) is 4.76. The van der Waals surface area contributed by atoms with Crippen LogP contribution in [0.2, 0.25) is 0 Å². The lowest BCUT2D eigenvalue weighted by atomic mass is 10.2. The summed E-state index contributed by atoms with van der Waals surface area (Å²) in [6.07, 6.45) is -3.33. The van der Waals surface area contributed by atoms with Gasteiger partial charge in [-0.3, -0.25) is 14.4 Å². The summed E-state index contributed by atoms with van der Waals surface area (Å²) < 4.78 is 49.4. The van der Waals surface area contributed by atoms with E-state index in [1.165, 1.54) is 24.4 Å². The summed E-state index contributed by atoms with van der Waals surface area (Å²) in [6.45, 7) is 1.65. The van der Waals surface area contributed by atoms with E-state index in [1.54, 1.807) is 49.4 Å². The van der Waals surface area contributed by atoms with Crippen molar-refractivity contribution in [3.05, 3.63) is 83.9 Å². The average molecular weight is 528 g/mol. The van der Waals surface area contributed by atoms with Crippen LogP contribution in [0.5, 0.6) is 11.5 Å². The highest BCUT2D eigenvalue weighted by atomic mass is 19.4. The molecule has 0 aliphatic heterocycles. The highest BCUT2D eigenvalue weighted by Gasteiger charge is 2.30. The normalized spacial score (nSPS) is 11.1. The SMILES string of the molecule is CCOc1ccccc1NC(=O)C(=O)N/N=C/c1ccccc1OCC(=O)Nc1cccc(C(F)(F)F)c1. The maximum atomic E-state index is 12.9. The van der Waals surface area contributed by atoms with Gasteiger partial charge in [0.15, 0.2) is 6.61 Å². The molecular formula is C26H23F3N4O5. The van der Waals surface area contributed by atoms with Gasteiger partial charge in [-0.25, -0.2) is 5.43 Å². The maximum absolute atomic E-state index is 12.9. The quantitative estimate of drug-likeness (QED) is 0.219. The van der Waals surface area contributed by atoms with Crippen molar-refractivity contribution < 1.29 is 37.0 Å². The van der Waals surface area contributed by atoms with Gasteiger partial charge in [0.1, 0.15) is 11.5 Å². The maximum Gasteiger partial charge on any atom is 0.416 e. The van der Waals surface area contributed by atoms with Gasteiger partial charge in [-0.1, -0.05) is 30.3 Å². The molecule has 0 fully saturated rings. The van der Waals surface area contributed by atoms with E-state index < -0.39 is 36.1 Å². The van der Waals surface area contributed by atoms with Crippen LogP contribution < -0.4 is 25.5 Å². The molecule has 0 unspecified atom stereocenters. The van der Waals surface area contributed by atoms with Crippen molar-refractivity contribution in [2.75, 3.05) is 23.8 Å². The van der Waals surface area contributed by atoms with Gasteiger partial charge in [-0.2, -0.15) is 18.3 Å². The number of ether oxygens (including phenoxy) is 2. The Hall–Kier alpha value is -4.87. The monoisotopic (exact) mass is 528 g/mol. The highest BCUT2D eigenvalue weighted by molar-refractivity contribution is 6.39. The molecule has 198 valence electrons. The minimum Gasteiger partial charge on any atom is -0.492 e. The fraction of sp³-hybridized carbons (Fsp3) is 0.154. The molecule has 3 aromatic rings. The first-order valence-corrected chi connectivity index (χ1v) is 11.2. The lowest BCUT2D eigenvalue weighted by Gasteiger charge is -2.11. The van der Waals surface area contributed by atoms with Gasteiger partial charge in [-0.05, 0) is 49.4 Å². The summed E-state index contributed by atoms with van der Waals surface area (Å²) in [5.41, 5.74) is 1.85. The molecule has 0 aliphatic carbocycles. The van der Waals surface area contributed by atoms with Crippen LogP contribution >= 0.6 is 0 Å². The van der Waals surface area contributed by atoms with Crippen LogP contribution in [0, 0.1) is 0 Å². The fourth-order valence-electron chi connectivity index (χ4n) is 3.07. The van der Waals surface area contributed by atoms with Gasteiger partial charge in [-0.15, -0.1) is 0 Å². The molecule has 0 aliphatic rings. The van der Waals surface area contributed by atoms with Crippen molar-refractivity contribution in [1.29, 1.82) is 0 Å². The molecule has 0 saturated carbocycles. The summed E-state index contributed by atoms with van der Waals surface area (Å²) in [4.78, 5) is 36.5. The molecule has 9 nitrogen and oxygen atoms in total. The molecular weight excluding hydrogens is 505 g/mol. The van der Waals surface area contributed by atoms with Crippen LogP contribution in [0.3, 0.4) is 0 Å². The lowest BCUT2D eigenvalue weighted by Crippen LogP contribution is -2.32. The van der Waals surface area contributed by atoms with E-state index in [2.05, 4.69) is 21.2 Å². The number of halogens is 3. The fourth-order valence-corrected chi connectivity index (χ4v) is 3.07. The van der Waals surface area contributed by atoms with Crippen LogP contribution in [0.15, 0.2) is 77.9 Å². The molecule has 12 heteroatoms. The summed E-state index contributed by atoms with van der Waals surface area (Å²) >= 11 is 0. The zero-order valence-corrected chi connectivity index (χ0v) is 20.0. The molecule has 3 aromatic carbocycles. The van der Waals surface area contributed by atoms with Crippen molar-refractivity contribution in [3.8, 4) is 11.5 Å². The molecule has 3 amide bonds. The molecule has 0 aromatic heterocycles. The highest BCUT2D eigenvalue weighted by Crippen LogP contribution is 2.30. The average Bonchev–Trinajstić information content (AvgIpc) is 2.89. The molecule has 0 spiro atoms. The van der Waals surface area contributed by atoms with E-state index in [1.807, 2.05) is 0 Å². The van der Waals surface area contributed by atoms with E-state index in [9.17, 15) is 27.6 Å². The zero-order chi connectivity index (χ0) is 27.5. The molecule has 0 heterocycles. The van der Waals surface area contributed by atoms with E-state index in [-0.39, 0.29) is 11.4 Å². The van der Waals surface area contributed by atoms with Crippen LogP contribution in [0.4, 0.5) is 24.5 Å². The van der Waals surface area contributed by atoms with E-state index in [4.69, 9.17) is 9.47 Å². The minimum atomic E-state index is -4.54. The van der Waals surface area contributed by atoms with Gasteiger partial charge in [0, 0.05) is 11.3 Å². The number of nitrogens with zero attached hydrogens (tertiary/aromatic N) is 1. The largest absolute Gasteiger partial charge is 0.492 e. The number of carbonyl (C=O) groups excluding carboxylic acids is 3. The number of anilines is 2. The van der Waals surface area contributed by atoms with Crippen molar-refractivity contribution in [3.63, 3.8) is 0 Å². The number of nitrogens with one attached hydrogen (secondary N) is 3. The van der Waals surface area contributed by atoms with Gasteiger partial charge in [0.05, 0.1) is 24.1 Å². The van der Waals surface area contributed by atoms with Gasteiger partial charge in [0.25, 0.3) is 5.91 Å². The second-order valence-corrected chi connectivity index (χ2v) is 7.54. The minimum absolute atomic E-state index is 0.0341. The van der Waals surface area contributed by atoms with E-state index in [0.717, 1.165) is 12.1 Å². The molecule has 0 bridgehead atoms. The first-order chi connectivity index (χ1) is 18.2. The number of alkyl halides is 3. The summed E-state index contributed by atoms with van der Waals surface area (Å²) in [5.74, 6) is -2.08. The van der Waals surface area contributed by atoms with Crippen molar-refractivity contribution in [1.82, 2.24) is 5.43 Å². The molecule has 38 heavy (non-hydrogen) atoms. The number of hydrogen-bond acceptors (Lipinski definition) is 6. The zero-order valence-electron chi connectivity index (χ0n) is 20.0. The van der Waals surface area contributed by atoms with Crippen LogP contribution in [-0.4, -0.2) is 37.1 Å². The van der Waals surface area contributed by atoms with Crippen molar-refractivity contribution in [2.45, 2.75) is 13.1 Å². The smallest absolute Gasteiger partial charge is 0.416 e. The van der Waals surface area contributed by atoms with Gasteiger partial charge in [0.2, 0.25) is 0 Å². The standard InChI is InChI=1S/C26H23F3N4O5/c1-2-37-22-13-6-4-11-20(22)32-24(35)25(36)33-30-15-17-8-3-5-12-21(17)38-16-23(34)31-19-10-7-9-18(14-19)26(27,28)29/h3-15H,2,16H2,1H3,(H,31,34)(H,32,35)(H,33,36)/b30-15+. The predicted octanol–water partition coefficient (Wildman–Crippen LogP) is 4.21. The number of rotatable bonds is 9. The summed E-state index contributed by atoms with van der Waals surface area (Å²) in [5, 5.41) is 8.52. The van der Waals surface area contributed by atoms with Crippen LogP contribution in [0.25, 0.3) is 0 Å². The molecule has 3 rings (SSSR count). The summed E-state index contributed by atoms with van der Waals surface area (Å²) in [7, 11) is 0. The Bertz CT molecular complexity index is 1330. The van der Waals surface area contributed by atoms with Gasteiger partial charge >= 0.3 is 18.0 Å². The third kappa shape index (κ3) is 8.08. The van der Waals surface area contributed by atoms with Crippen molar-refractivity contribution in [2.24, 2.45) is 5.10 Å². The number of amides is 3. The number of hydrogen-bond donors (Lipinski definition) is 3. The Morgan fingerprint density at radius 3 is 2.32 bits per heavy atom. The Labute approximate surface area is 215 Å². The van der Waals surface area contributed by atoms with Crippen LogP contribution in [-0.2, 0) is 20.6 Å². The molecule has 3 N–H and O–H groups in total. The van der Waals surface area contributed by atoms with Crippen LogP contribution in [0.1, 0.15) is 18.1 Å². The third-order valence-corrected chi connectivity index (χ3v) is 4.76. The predicted molar refractivity (Wildman–Crippen MR) is 134 cm³/mol. The summed E-state index contributed by atoms with van der Waals surface area (Å²) in [6, 6.07) is 17.2. The molecule has 0 atom stereocenters. The number of benzene rings is 3. The van der Waals surface area contributed by atoms with E-state index in [0.29, 0.717) is 23.6 Å². The Morgan fingerprint density at radius 2 is 1.58 bits per heavy atom. The first-order valence-electron chi connectivity index (χ1n) is 11.2. The Morgan fingerprint density at radius 1 is 0.868 bits per heavy atom. The van der Waals surface area contributed by atoms with Crippen molar-refractivity contribution >= 4 is 35.3 Å². The number of para-hydroxylation sites is 3. The first kappa shape index (κ1) is 27.7. The van der Waals surface area contributed by atoms with Gasteiger partial charge < -0.3 is 20.1 Å². The molecule has 0 saturated heterocycles. The molecule has 0 radical (unpaired) electrons. The Kier molecular flexibility index (Phi) is 9.41. The second kappa shape index (κ2) is 12.9. The van der Waals surface area contributed by atoms with E-state index >= 15 is 0 Å². The number of hydrazone groups is 1.